The molecule has 0 saturated carbocycles. The summed E-state index contributed by atoms with van der Waals surface area (Å²) in [6.45, 7) is 2.18. The molecular weight excluding hydrogens is 428 g/mol. The minimum Gasteiger partial charge on any atom is -0.338 e. The van der Waals surface area contributed by atoms with E-state index in [4.69, 9.17) is 0 Å². The van der Waals surface area contributed by atoms with Crippen LogP contribution in [0.4, 0.5) is 0 Å². The molecular formula is C27H24N4O3. The van der Waals surface area contributed by atoms with Gasteiger partial charge in [0.05, 0.1) is 12.1 Å². The van der Waals surface area contributed by atoms with Crippen LogP contribution in [-0.2, 0) is 13.1 Å². The molecule has 1 fully saturated rings. The van der Waals surface area contributed by atoms with E-state index in [9.17, 15) is 14.4 Å². The van der Waals surface area contributed by atoms with Gasteiger partial charge in [-0.15, -0.1) is 0 Å². The number of pyridine rings is 3. The molecule has 7 heteroatoms. The minimum absolute atomic E-state index is 0.0289. The van der Waals surface area contributed by atoms with E-state index in [0.29, 0.717) is 42.5 Å². The van der Waals surface area contributed by atoms with Gasteiger partial charge >= 0.3 is 0 Å². The number of hydrogen-bond acceptors (Lipinski definition) is 4. The molecule has 1 amide bonds. The van der Waals surface area contributed by atoms with E-state index in [1.807, 2.05) is 45.9 Å². The third-order valence-electron chi connectivity index (χ3n) is 7.09. The summed E-state index contributed by atoms with van der Waals surface area (Å²) in [5.74, 6) is 0.310. The maximum Gasteiger partial charge on any atom is 0.258 e. The number of carbonyl (C=O) groups is 1. The molecule has 0 spiro atoms. The Kier molecular flexibility index (Phi) is 4.90. The standard InChI is InChI=1S/C27H24N4O3/c32-25-7-3-6-24-20-12-19(15-31(24)25)14-29(16-20)27(34)23-17-30(13-18-8-10-28-11-9-18)26(33)22-5-2-1-4-21(22)23/h1-11,17,19-20H,12-16H2/t19-,20+/m0/s1. The molecule has 0 radical (unpaired) electrons. The van der Waals surface area contributed by atoms with Gasteiger partial charge < -0.3 is 14.0 Å². The highest BCUT2D eigenvalue weighted by Gasteiger charge is 2.37. The van der Waals surface area contributed by atoms with E-state index in [2.05, 4.69) is 4.98 Å². The zero-order chi connectivity index (χ0) is 23.2. The summed E-state index contributed by atoms with van der Waals surface area (Å²) in [4.78, 5) is 45.4. The first-order chi connectivity index (χ1) is 16.6. The molecule has 0 unspecified atom stereocenters. The molecule has 2 atom stereocenters. The van der Waals surface area contributed by atoms with Crippen molar-refractivity contribution in [2.45, 2.75) is 25.4 Å². The summed E-state index contributed by atoms with van der Waals surface area (Å²) in [6, 6.07) is 16.5. The Morgan fingerprint density at radius 1 is 0.912 bits per heavy atom. The van der Waals surface area contributed by atoms with Gasteiger partial charge in [-0.1, -0.05) is 24.3 Å². The van der Waals surface area contributed by atoms with E-state index >= 15 is 0 Å². The van der Waals surface area contributed by atoms with Gasteiger partial charge in [-0.3, -0.25) is 19.4 Å². The number of carbonyl (C=O) groups excluding carboxylic acids is 1. The molecule has 6 rings (SSSR count). The van der Waals surface area contributed by atoms with Crippen molar-refractivity contribution in [3.05, 3.63) is 111 Å². The summed E-state index contributed by atoms with van der Waals surface area (Å²) >= 11 is 0. The Hall–Kier alpha value is -4.00. The molecule has 2 aliphatic rings. The Bertz CT molecular complexity index is 1520. The van der Waals surface area contributed by atoms with Crippen molar-refractivity contribution in [1.82, 2.24) is 19.0 Å². The van der Waals surface area contributed by atoms with Gasteiger partial charge in [0.15, 0.2) is 0 Å². The lowest BCUT2D eigenvalue weighted by Gasteiger charge is -2.42. The lowest BCUT2D eigenvalue weighted by Crippen LogP contribution is -2.49. The lowest BCUT2D eigenvalue weighted by molar-refractivity contribution is 0.0595. The van der Waals surface area contributed by atoms with Crippen molar-refractivity contribution >= 4 is 16.7 Å². The molecule has 3 aromatic heterocycles. The summed E-state index contributed by atoms with van der Waals surface area (Å²) in [6.07, 6.45) is 6.08. The molecule has 1 saturated heterocycles. The van der Waals surface area contributed by atoms with Gasteiger partial charge in [0.1, 0.15) is 0 Å². The van der Waals surface area contributed by atoms with Crippen LogP contribution in [0.25, 0.3) is 10.8 Å². The largest absolute Gasteiger partial charge is 0.338 e. The second-order valence-electron chi connectivity index (χ2n) is 9.29. The fourth-order valence-corrected chi connectivity index (χ4v) is 5.55. The Morgan fingerprint density at radius 3 is 2.53 bits per heavy atom. The molecule has 1 aromatic carbocycles. The van der Waals surface area contributed by atoms with E-state index < -0.39 is 0 Å². The van der Waals surface area contributed by atoms with E-state index in [-0.39, 0.29) is 28.9 Å². The van der Waals surface area contributed by atoms with E-state index in [0.717, 1.165) is 17.7 Å². The second kappa shape index (κ2) is 8.09. The monoisotopic (exact) mass is 452 g/mol. The quantitative estimate of drug-likeness (QED) is 0.479. The van der Waals surface area contributed by atoms with Gasteiger partial charge in [0.25, 0.3) is 17.0 Å². The van der Waals surface area contributed by atoms with Crippen LogP contribution < -0.4 is 11.1 Å². The predicted octanol–water partition coefficient (Wildman–Crippen LogP) is 2.87. The molecule has 0 N–H and O–H groups in total. The van der Waals surface area contributed by atoms with Crippen LogP contribution in [0.5, 0.6) is 0 Å². The van der Waals surface area contributed by atoms with Crippen molar-refractivity contribution in [1.29, 1.82) is 0 Å². The smallest absolute Gasteiger partial charge is 0.258 e. The lowest BCUT2D eigenvalue weighted by atomic mass is 9.83. The molecule has 2 aliphatic heterocycles. The van der Waals surface area contributed by atoms with Gasteiger partial charge in [-0.25, -0.2) is 0 Å². The van der Waals surface area contributed by atoms with Crippen LogP contribution in [0.2, 0.25) is 0 Å². The Balaban J connectivity index is 1.39. The molecule has 2 bridgehead atoms. The highest BCUT2D eigenvalue weighted by molar-refractivity contribution is 6.06. The first-order valence-electron chi connectivity index (χ1n) is 11.6. The molecule has 34 heavy (non-hydrogen) atoms. The van der Waals surface area contributed by atoms with Crippen LogP contribution >= 0.6 is 0 Å². The van der Waals surface area contributed by atoms with Crippen molar-refractivity contribution in [2.75, 3.05) is 13.1 Å². The number of fused-ring (bicyclic) bond motifs is 5. The van der Waals surface area contributed by atoms with Crippen molar-refractivity contribution < 1.29 is 4.79 Å². The number of benzene rings is 1. The van der Waals surface area contributed by atoms with Crippen LogP contribution in [0.15, 0.2) is 82.8 Å². The number of likely N-dealkylation sites (tertiary alicyclic amines) is 1. The summed E-state index contributed by atoms with van der Waals surface area (Å²) in [5.41, 5.74) is 2.40. The maximum atomic E-state index is 13.9. The van der Waals surface area contributed by atoms with E-state index in [1.54, 1.807) is 41.4 Å². The first kappa shape index (κ1) is 20.6. The number of amides is 1. The molecule has 7 nitrogen and oxygen atoms in total. The number of aromatic nitrogens is 3. The molecule has 0 aliphatic carbocycles. The predicted molar refractivity (Wildman–Crippen MR) is 129 cm³/mol. The number of rotatable bonds is 3. The average molecular weight is 453 g/mol. The number of piperidine rings is 1. The third kappa shape index (κ3) is 3.44. The normalized spacial score (nSPS) is 19.1. The van der Waals surface area contributed by atoms with Gasteiger partial charge in [-0.2, -0.15) is 0 Å². The van der Waals surface area contributed by atoms with Crippen LogP contribution in [0.3, 0.4) is 0 Å². The van der Waals surface area contributed by atoms with Crippen molar-refractivity contribution in [3.63, 3.8) is 0 Å². The van der Waals surface area contributed by atoms with Crippen LogP contribution in [0.1, 0.15) is 34.0 Å². The van der Waals surface area contributed by atoms with Gasteiger partial charge in [0.2, 0.25) is 0 Å². The highest BCUT2D eigenvalue weighted by Crippen LogP contribution is 2.35. The van der Waals surface area contributed by atoms with Crippen molar-refractivity contribution in [3.8, 4) is 0 Å². The summed E-state index contributed by atoms with van der Waals surface area (Å²) in [5, 5.41) is 1.22. The highest BCUT2D eigenvalue weighted by atomic mass is 16.2. The summed E-state index contributed by atoms with van der Waals surface area (Å²) < 4.78 is 3.48. The first-order valence-corrected chi connectivity index (χ1v) is 11.6. The fraction of sp³-hybridized carbons (Fsp3) is 0.259. The maximum absolute atomic E-state index is 13.9. The Labute approximate surface area is 195 Å². The Morgan fingerprint density at radius 2 is 1.71 bits per heavy atom. The molecule has 4 aromatic rings. The SMILES string of the molecule is O=C(c1cn(Cc2ccncc2)c(=O)c2ccccc12)N1C[C@@H]2C[C@H](C1)c1cccc(=O)n1C2. The second-order valence-corrected chi connectivity index (χ2v) is 9.29. The zero-order valence-electron chi connectivity index (χ0n) is 18.6. The van der Waals surface area contributed by atoms with Gasteiger partial charge in [-0.05, 0) is 42.2 Å². The number of hydrogen-bond donors (Lipinski definition) is 0. The number of nitrogens with zero attached hydrogens (tertiary/aromatic N) is 4. The third-order valence-corrected chi connectivity index (χ3v) is 7.09. The topological polar surface area (TPSA) is 77.2 Å². The summed E-state index contributed by atoms with van der Waals surface area (Å²) in [7, 11) is 0. The zero-order valence-corrected chi connectivity index (χ0v) is 18.6. The van der Waals surface area contributed by atoms with Crippen LogP contribution in [-0.4, -0.2) is 38.0 Å². The molecule has 5 heterocycles. The average Bonchev–Trinajstić information content (AvgIpc) is 2.86. The van der Waals surface area contributed by atoms with Crippen LogP contribution in [0, 0.1) is 5.92 Å². The van der Waals surface area contributed by atoms with Crippen molar-refractivity contribution in [2.24, 2.45) is 5.92 Å². The van der Waals surface area contributed by atoms with Gasteiger partial charge in [0, 0.05) is 66.7 Å². The molecule has 170 valence electrons. The van der Waals surface area contributed by atoms with E-state index in [1.165, 1.54) is 0 Å². The minimum atomic E-state index is -0.118. The fourth-order valence-electron chi connectivity index (χ4n) is 5.55.